The maximum absolute atomic E-state index is 4.72. The summed E-state index contributed by atoms with van der Waals surface area (Å²) >= 11 is 1.80. The Morgan fingerprint density at radius 2 is 1.94 bits per heavy atom. The van der Waals surface area contributed by atoms with Crippen molar-refractivity contribution in [3.05, 3.63) is 10.6 Å². The molecule has 0 aliphatic heterocycles. The highest BCUT2D eigenvalue weighted by molar-refractivity contribution is 7.15. The molecule has 17 heavy (non-hydrogen) atoms. The van der Waals surface area contributed by atoms with Crippen molar-refractivity contribution in [1.29, 1.82) is 0 Å². The van der Waals surface area contributed by atoms with Crippen LogP contribution in [0.3, 0.4) is 0 Å². The number of thiazole rings is 1. The van der Waals surface area contributed by atoms with E-state index in [9.17, 15) is 0 Å². The van der Waals surface area contributed by atoms with Gasteiger partial charge < -0.3 is 10.2 Å². The molecule has 0 aliphatic carbocycles. The van der Waals surface area contributed by atoms with E-state index in [2.05, 4.69) is 52.0 Å². The summed E-state index contributed by atoms with van der Waals surface area (Å²) < 4.78 is 0. The molecule has 98 valence electrons. The van der Waals surface area contributed by atoms with Crippen LogP contribution in [0.5, 0.6) is 0 Å². The molecular weight excluding hydrogens is 230 g/mol. The highest BCUT2D eigenvalue weighted by Crippen LogP contribution is 2.29. The molecule has 1 heterocycles. The quantitative estimate of drug-likeness (QED) is 0.846. The van der Waals surface area contributed by atoms with Crippen LogP contribution in [0.15, 0.2) is 0 Å². The van der Waals surface area contributed by atoms with Gasteiger partial charge in [0.25, 0.3) is 0 Å². The van der Waals surface area contributed by atoms with Gasteiger partial charge in [0.05, 0.1) is 5.69 Å². The molecule has 0 aromatic carbocycles. The van der Waals surface area contributed by atoms with Gasteiger partial charge in [-0.1, -0.05) is 20.8 Å². The number of nitrogens with zero attached hydrogens (tertiary/aromatic N) is 2. The van der Waals surface area contributed by atoms with E-state index >= 15 is 0 Å². The monoisotopic (exact) mass is 255 g/mol. The molecule has 4 heteroatoms. The van der Waals surface area contributed by atoms with E-state index in [-0.39, 0.29) is 0 Å². The number of anilines is 1. The van der Waals surface area contributed by atoms with Crippen molar-refractivity contribution >= 4 is 16.5 Å². The lowest BCUT2D eigenvalue weighted by Gasteiger charge is -2.11. The van der Waals surface area contributed by atoms with E-state index in [1.54, 1.807) is 11.3 Å². The molecule has 0 saturated heterocycles. The van der Waals surface area contributed by atoms with Crippen molar-refractivity contribution in [2.75, 3.05) is 19.0 Å². The molecule has 0 fully saturated rings. The molecule has 0 aliphatic rings. The Kier molecular flexibility index (Phi) is 5.40. The molecule has 0 saturated carbocycles. The fraction of sp³-hybridized carbons (Fsp3) is 0.769. The summed E-state index contributed by atoms with van der Waals surface area (Å²) in [5.74, 6) is 0.494. The van der Waals surface area contributed by atoms with Gasteiger partial charge in [0, 0.05) is 31.6 Å². The number of rotatable bonds is 6. The molecule has 3 nitrogen and oxygen atoms in total. The van der Waals surface area contributed by atoms with Gasteiger partial charge >= 0.3 is 0 Å². The van der Waals surface area contributed by atoms with Crippen LogP contribution >= 0.6 is 11.3 Å². The van der Waals surface area contributed by atoms with Crippen LogP contribution in [0.4, 0.5) is 5.13 Å². The zero-order chi connectivity index (χ0) is 13.0. The molecule has 0 spiro atoms. The number of aromatic nitrogens is 1. The van der Waals surface area contributed by atoms with Gasteiger partial charge in [0.15, 0.2) is 5.13 Å². The average molecular weight is 255 g/mol. The molecule has 1 atom stereocenters. The summed E-state index contributed by atoms with van der Waals surface area (Å²) in [5, 5.41) is 4.65. The first kappa shape index (κ1) is 14.5. The van der Waals surface area contributed by atoms with Crippen LogP contribution < -0.4 is 10.2 Å². The van der Waals surface area contributed by atoms with Gasteiger partial charge in [-0.15, -0.1) is 11.3 Å². The number of nitrogens with one attached hydrogen (secondary N) is 1. The lowest BCUT2D eigenvalue weighted by molar-refractivity contribution is 0.534. The minimum Gasteiger partial charge on any atom is -0.354 e. The predicted octanol–water partition coefficient (Wildman–Crippen LogP) is 3.22. The summed E-state index contributed by atoms with van der Waals surface area (Å²) in [5.41, 5.74) is 1.24. The van der Waals surface area contributed by atoms with Crippen molar-refractivity contribution in [2.24, 2.45) is 0 Å². The Morgan fingerprint density at radius 3 is 2.41 bits per heavy atom. The van der Waals surface area contributed by atoms with Crippen LogP contribution in [0, 0.1) is 0 Å². The van der Waals surface area contributed by atoms with E-state index in [0.29, 0.717) is 12.0 Å². The van der Waals surface area contributed by atoms with Gasteiger partial charge in [-0.2, -0.15) is 0 Å². The van der Waals surface area contributed by atoms with Gasteiger partial charge in [-0.05, 0) is 19.3 Å². The van der Waals surface area contributed by atoms with E-state index in [4.69, 9.17) is 4.98 Å². The number of hydrogen-bond acceptors (Lipinski definition) is 4. The third-order valence-electron chi connectivity index (χ3n) is 2.87. The summed E-state index contributed by atoms with van der Waals surface area (Å²) in [6, 6.07) is 0.569. The Morgan fingerprint density at radius 1 is 1.29 bits per heavy atom. The first-order valence-electron chi connectivity index (χ1n) is 6.36. The predicted molar refractivity (Wildman–Crippen MR) is 77.1 cm³/mol. The van der Waals surface area contributed by atoms with E-state index in [1.165, 1.54) is 10.6 Å². The van der Waals surface area contributed by atoms with Crippen LogP contribution in [-0.2, 0) is 6.54 Å². The lowest BCUT2D eigenvalue weighted by atomic mass is 10.1. The fourth-order valence-electron chi connectivity index (χ4n) is 1.53. The second kappa shape index (κ2) is 6.36. The molecular formula is C13H25N3S. The molecule has 1 N–H and O–H groups in total. The second-order valence-electron chi connectivity index (χ2n) is 5.04. The van der Waals surface area contributed by atoms with Crippen molar-refractivity contribution in [3.63, 3.8) is 0 Å². The molecule has 1 aromatic rings. The summed E-state index contributed by atoms with van der Waals surface area (Å²) in [6.07, 6.45) is 1.16. The largest absolute Gasteiger partial charge is 0.354 e. The second-order valence-corrected chi connectivity index (χ2v) is 6.11. The Labute approximate surface area is 109 Å². The normalized spacial score (nSPS) is 13.1. The van der Waals surface area contributed by atoms with Crippen LogP contribution in [0.1, 0.15) is 50.6 Å². The van der Waals surface area contributed by atoms with Gasteiger partial charge in [0.2, 0.25) is 0 Å². The Bertz CT molecular complexity index is 344. The summed E-state index contributed by atoms with van der Waals surface area (Å²) in [4.78, 5) is 8.18. The maximum Gasteiger partial charge on any atom is 0.185 e. The van der Waals surface area contributed by atoms with Crippen LogP contribution in [0.2, 0.25) is 0 Å². The highest BCUT2D eigenvalue weighted by atomic mass is 32.1. The lowest BCUT2D eigenvalue weighted by Crippen LogP contribution is -2.24. The molecule has 1 rings (SSSR count). The maximum atomic E-state index is 4.72. The first-order chi connectivity index (χ1) is 7.95. The zero-order valence-corrected chi connectivity index (χ0v) is 12.7. The third-order valence-corrected chi connectivity index (χ3v) is 4.11. The number of hydrogen-bond donors (Lipinski definition) is 1. The SMILES string of the molecule is CCC(C)NCc1sc(N(C)C)nc1C(C)C. The van der Waals surface area contributed by atoms with Gasteiger partial charge in [-0.25, -0.2) is 4.98 Å². The van der Waals surface area contributed by atoms with Crippen molar-refractivity contribution in [1.82, 2.24) is 10.3 Å². The highest BCUT2D eigenvalue weighted by Gasteiger charge is 2.15. The van der Waals surface area contributed by atoms with E-state index in [0.717, 1.165) is 18.1 Å². The van der Waals surface area contributed by atoms with Crippen LogP contribution in [0.25, 0.3) is 0 Å². The van der Waals surface area contributed by atoms with Crippen LogP contribution in [-0.4, -0.2) is 25.1 Å². The van der Waals surface area contributed by atoms with E-state index < -0.39 is 0 Å². The smallest absolute Gasteiger partial charge is 0.185 e. The minimum absolute atomic E-state index is 0.494. The third kappa shape index (κ3) is 3.96. The van der Waals surface area contributed by atoms with Crippen molar-refractivity contribution in [2.45, 2.75) is 52.6 Å². The molecule has 0 amide bonds. The molecule has 1 unspecified atom stereocenters. The molecule has 1 aromatic heterocycles. The van der Waals surface area contributed by atoms with E-state index in [1.807, 2.05) is 0 Å². The average Bonchev–Trinajstić information content (AvgIpc) is 2.70. The molecule has 0 bridgehead atoms. The standard InChI is InChI=1S/C13H25N3S/c1-7-10(4)14-8-11-12(9(2)3)15-13(17-11)16(5)6/h9-10,14H,7-8H2,1-6H3. The fourth-order valence-corrected chi connectivity index (χ4v) is 2.62. The van der Waals surface area contributed by atoms with Gasteiger partial charge in [0.1, 0.15) is 0 Å². The topological polar surface area (TPSA) is 28.2 Å². The summed E-state index contributed by atoms with van der Waals surface area (Å²) in [6.45, 7) is 9.79. The van der Waals surface area contributed by atoms with Crippen molar-refractivity contribution < 1.29 is 0 Å². The molecule has 0 radical (unpaired) electrons. The first-order valence-corrected chi connectivity index (χ1v) is 7.17. The van der Waals surface area contributed by atoms with Gasteiger partial charge in [-0.3, -0.25) is 0 Å². The Hall–Kier alpha value is -0.610. The van der Waals surface area contributed by atoms with Crippen molar-refractivity contribution in [3.8, 4) is 0 Å². The Balaban J connectivity index is 2.81. The zero-order valence-electron chi connectivity index (χ0n) is 11.9. The minimum atomic E-state index is 0.494. The summed E-state index contributed by atoms with van der Waals surface area (Å²) in [7, 11) is 4.10.